The molecule has 19 heavy (non-hydrogen) atoms. The van der Waals surface area contributed by atoms with E-state index in [0.717, 1.165) is 0 Å². The highest BCUT2D eigenvalue weighted by Gasteiger charge is 2.21. The van der Waals surface area contributed by atoms with E-state index in [0.29, 0.717) is 16.3 Å². The third kappa shape index (κ3) is 4.80. The molecule has 0 amide bonds. The quantitative estimate of drug-likeness (QED) is 0.863. The lowest BCUT2D eigenvalue weighted by atomic mass is 10.2. The molecule has 5 heteroatoms. The summed E-state index contributed by atoms with van der Waals surface area (Å²) in [5, 5.41) is 12.1. The highest BCUT2D eigenvalue weighted by molar-refractivity contribution is 6.32. The van der Waals surface area contributed by atoms with Crippen LogP contribution in [-0.2, 0) is 9.53 Å². The van der Waals surface area contributed by atoms with E-state index >= 15 is 0 Å². The molecular formula is C14H17ClN2O2. The fourth-order valence-corrected chi connectivity index (χ4v) is 1.62. The van der Waals surface area contributed by atoms with Gasteiger partial charge in [-0.25, -0.2) is 4.79 Å². The van der Waals surface area contributed by atoms with Crippen molar-refractivity contribution in [1.29, 1.82) is 5.26 Å². The van der Waals surface area contributed by atoms with Crippen LogP contribution in [0.15, 0.2) is 18.2 Å². The average Bonchev–Trinajstić information content (AvgIpc) is 2.27. The smallest absolute Gasteiger partial charge is 0.328 e. The van der Waals surface area contributed by atoms with E-state index in [4.69, 9.17) is 21.6 Å². The fourth-order valence-electron chi connectivity index (χ4n) is 1.39. The number of halogens is 1. The minimum atomic E-state index is -0.519. The van der Waals surface area contributed by atoms with Crippen molar-refractivity contribution in [3.63, 3.8) is 0 Å². The Kier molecular flexibility index (Phi) is 4.79. The number of nitrogens with zero attached hydrogens (tertiary/aromatic N) is 1. The Balaban J connectivity index is 2.72. The number of anilines is 1. The summed E-state index contributed by atoms with van der Waals surface area (Å²) in [7, 11) is 0. The maximum atomic E-state index is 11.8. The summed E-state index contributed by atoms with van der Waals surface area (Å²) in [4.78, 5) is 11.8. The van der Waals surface area contributed by atoms with Crippen LogP contribution in [0.4, 0.5) is 5.69 Å². The first-order valence-corrected chi connectivity index (χ1v) is 6.30. The highest BCUT2D eigenvalue weighted by atomic mass is 35.5. The van der Waals surface area contributed by atoms with Crippen LogP contribution in [-0.4, -0.2) is 17.6 Å². The number of carbonyl (C=O) groups is 1. The van der Waals surface area contributed by atoms with Crippen LogP contribution in [0.3, 0.4) is 0 Å². The van der Waals surface area contributed by atoms with Crippen LogP contribution in [0.5, 0.6) is 0 Å². The Labute approximate surface area is 118 Å². The Hall–Kier alpha value is -1.73. The van der Waals surface area contributed by atoms with Gasteiger partial charge in [-0.1, -0.05) is 11.6 Å². The first kappa shape index (κ1) is 15.3. The van der Waals surface area contributed by atoms with Gasteiger partial charge < -0.3 is 10.1 Å². The summed E-state index contributed by atoms with van der Waals surface area (Å²) < 4.78 is 5.26. The maximum absolute atomic E-state index is 11.8. The van der Waals surface area contributed by atoms with Crippen molar-refractivity contribution in [3.8, 4) is 6.07 Å². The lowest BCUT2D eigenvalue weighted by molar-refractivity contribution is -0.155. The molecule has 1 atom stereocenters. The van der Waals surface area contributed by atoms with Crippen LogP contribution in [0.1, 0.15) is 33.3 Å². The fraction of sp³-hybridized carbons (Fsp3) is 0.429. The van der Waals surface area contributed by atoms with E-state index in [-0.39, 0.29) is 5.97 Å². The molecule has 1 N–H and O–H groups in total. The van der Waals surface area contributed by atoms with Gasteiger partial charge in [0, 0.05) is 5.69 Å². The number of rotatable bonds is 3. The van der Waals surface area contributed by atoms with E-state index in [2.05, 4.69) is 5.32 Å². The largest absolute Gasteiger partial charge is 0.458 e. The van der Waals surface area contributed by atoms with E-state index in [1.165, 1.54) is 0 Å². The van der Waals surface area contributed by atoms with Crippen LogP contribution in [0.2, 0.25) is 5.02 Å². The zero-order chi connectivity index (χ0) is 14.6. The maximum Gasteiger partial charge on any atom is 0.328 e. The normalized spacial score (nSPS) is 12.4. The SMILES string of the molecule is CC(Nc1ccc(C#N)c(Cl)c1)C(=O)OC(C)(C)C. The van der Waals surface area contributed by atoms with Crippen molar-refractivity contribution in [2.24, 2.45) is 0 Å². The second kappa shape index (κ2) is 5.94. The van der Waals surface area contributed by atoms with Gasteiger partial charge in [-0.15, -0.1) is 0 Å². The molecular weight excluding hydrogens is 264 g/mol. The number of hydrogen-bond acceptors (Lipinski definition) is 4. The van der Waals surface area contributed by atoms with Gasteiger partial charge in [0.15, 0.2) is 0 Å². The third-order valence-corrected chi connectivity index (χ3v) is 2.55. The molecule has 0 bridgehead atoms. The number of benzene rings is 1. The minimum Gasteiger partial charge on any atom is -0.458 e. The lowest BCUT2D eigenvalue weighted by Crippen LogP contribution is -2.34. The Morgan fingerprint density at radius 3 is 2.58 bits per heavy atom. The molecule has 0 heterocycles. The summed E-state index contributed by atoms with van der Waals surface area (Å²) in [5.74, 6) is -0.340. The van der Waals surface area contributed by atoms with Crippen molar-refractivity contribution in [3.05, 3.63) is 28.8 Å². The molecule has 102 valence electrons. The zero-order valence-corrected chi connectivity index (χ0v) is 12.2. The van der Waals surface area contributed by atoms with Gasteiger partial charge in [0.05, 0.1) is 10.6 Å². The number of nitrogens with one attached hydrogen (secondary N) is 1. The number of nitriles is 1. The van der Waals surface area contributed by atoms with E-state index < -0.39 is 11.6 Å². The summed E-state index contributed by atoms with van der Waals surface area (Å²) in [6.07, 6.45) is 0. The van der Waals surface area contributed by atoms with Gasteiger partial charge in [-0.3, -0.25) is 0 Å². The monoisotopic (exact) mass is 280 g/mol. The van der Waals surface area contributed by atoms with Crippen molar-refractivity contribution in [2.75, 3.05) is 5.32 Å². The molecule has 0 fully saturated rings. The topological polar surface area (TPSA) is 62.1 Å². The Bertz CT molecular complexity index is 515. The van der Waals surface area contributed by atoms with E-state index in [9.17, 15) is 4.79 Å². The van der Waals surface area contributed by atoms with Crippen molar-refractivity contribution >= 4 is 23.3 Å². The van der Waals surface area contributed by atoms with Gasteiger partial charge in [-0.2, -0.15) is 5.26 Å². The second-order valence-corrected chi connectivity index (χ2v) is 5.61. The molecule has 1 aromatic carbocycles. The number of carbonyl (C=O) groups excluding carboxylic acids is 1. The van der Waals surface area contributed by atoms with E-state index in [1.54, 1.807) is 25.1 Å². The first-order valence-electron chi connectivity index (χ1n) is 5.92. The predicted molar refractivity (Wildman–Crippen MR) is 75.1 cm³/mol. The molecule has 0 radical (unpaired) electrons. The first-order chi connectivity index (χ1) is 8.73. The zero-order valence-electron chi connectivity index (χ0n) is 11.5. The Morgan fingerprint density at radius 1 is 1.47 bits per heavy atom. The van der Waals surface area contributed by atoms with Gasteiger partial charge in [0.1, 0.15) is 17.7 Å². The van der Waals surface area contributed by atoms with Gasteiger partial charge in [0.2, 0.25) is 0 Å². The molecule has 0 aliphatic rings. The molecule has 1 unspecified atom stereocenters. The molecule has 0 spiro atoms. The van der Waals surface area contributed by atoms with Crippen LogP contribution in [0, 0.1) is 11.3 Å². The summed E-state index contributed by atoms with van der Waals surface area (Å²) in [6, 6.07) is 6.40. The lowest BCUT2D eigenvalue weighted by Gasteiger charge is -2.23. The summed E-state index contributed by atoms with van der Waals surface area (Å²) in [5.41, 5.74) is 0.550. The minimum absolute atomic E-state index is 0.340. The van der Waals surface area contributed by atoms with Crippen molar-refractivity contribution < 1.29 is 9.53 Å². The highest BCUT2D eigenvalue weighted by Crippen LogP contribution is 2.21. The molecule has 0 aliphatic carbocycles. The molecule has 0 aliphatic heterocycles. The van der Waals surface area contributed by atoms with Crippen molar-refractivity contribution in [1.82, 2.24) is 0 Å². The molecule has 0 saturated carbocycles. The molecule has 0 aromatic heterocycles. The van der Waals surface area contributed by atoms with Crippen LogP contribution in [0.25, 0.3) is 0 Å². The summed E-state index contributed by atoms with van der Waals surface area (Å²) in [6.45, 7) is 7.16. The molecule has 1 aromatic rings. The van der Waals surface area contributed by atoms with Crippen LogP contribution < -0.4 is 5.32 Å². The van der Waals surface area contributed by atoms with Crippen LogP contribution >= 0.6 is 11.6 Å². The van der Waals surface area contributed by atoms with Gasteiger partial charge >= 0.3 is 5.97 Å². The number of esters is 1. The second-order valence-electron chi connectivity index (χ2n) is 5.21. The van der Waals surface area contributed by atoms with Gasteiger partial charge in [-0.05, 0) is 45.9 Å². The standard InChI is InChI=1S/C14H17ClN2O2/c1-9(13(18)19-14(2,3)4)17-11-6-5-10(8-16)12(15)7-11/h5-7,9,17H,1-4H3. The molecule has 1 rings (SSSR count). The van der Waals surface area contributed by atoms with Crippen molar-refractivity contribution in [2.45, 2.75) is 39.3 Å². The average molecular weight is 281 g/mol. The molecule has 0 saturated heterocycles. The summed E-state index contributed by atoms with van der Waals surface area (Å²) >= 11 is 5.92. The predicted octanol–water partition coefficient (Wildman–Crippen LogP) is 3.35. The third-order valence-electron chi connectivity index (χ3n) is 2.23. The number of ether oxygens (including phenoxy) is 1. The number of hydrogen-bond donors (Lipinski definition) is 1. The molecule has 4 nitrogen and oxygen atoms in total. The van der Waals surface area contributed by atoms with E-state index in [1.807, 2.05) is 26.8 Å². The van der Waals surface area contributed by atoms with Gasteiger partial charge in [0.25, 0.3) is 0 Å². The Morgan fingerprint density at radius 2 is 2.11 bits per heavy atom.